The molecular weight excluding hydrogens is 778 g/mol. The number of ether oxygens (including phenoxy) is 4. The Kier molecular flexibility index (Phi) is 40.8. The largest absolute Gasteiger partial charge is 0.481 e. The summed E-state index contributed by atoms with van der Waals surface area (Å²) in [6.45, 7) is 4.68. The van der Waals surface area contributed by atoms with Gasteiger partial charge in [0.2, 0.25) is 29.5 Å². The van der Waals surface area contributed by atoms with Gasteiger partial charge in [0.25, 0.3) is 0 Å². The fraction of sp³-hybridized carbons (Fsp3) is 0.837. The van der Waals surface area contributed by atoms with E-state index in [1.165, 1.54) is 51.4 Å². The molecule has 0 rings (SSSR count). The molecule has 0 heterocycles. The van der Waals surface area contributed by atoms with Crippen LogP contribution in [0.25, 0.3) is 0 Å². The molecule has 0 aromatic heterocycles. The van der Waals surface area contributed by atoms with Crippen molar-refractivity contribution >= 4 is 41.8 Å². The second-order valence-corrected chi connectivity index (χ2v) is 15.0. The van der Waals surface area contributed by atoms with E-state index >= 15 is 0 Å². The van der Waals surface area contributed by atoms with Crippen molar-refractivity contribution in [2.24, 2.45) is 0 Å². The molecule has 348 valence electrons. The first-order valence-corrected chi connectivity index (χ1v) is 22.5. The van der Waals surface area contributed by atoms with Crippen molar-refractivity contribution in [3.63, 3.8) is 0 Å². The van der Waals surface area contributed by atoms with Gasteiger partial charge in [0.15, 0.2) is 0 Å². The summed E-state index contributed by atoms with van der Waals surface area (Å²) in [4.78, 5) is 80.5. The highest BCUT2D eigenvalue weighted by atomic mass is 16.5. The minimum Gasteiger partial charge on any atom is -0.481 e. The summed E-state index contributed by atoms with van der Waals surface area (Å²) in [5, 5.41) is 22.5. The molecule has 0 radical (unpaired) electrons. The van der Waals surface area contributed by atoms with E-state index in [-0.39, 0.29) is 94.7 Å². The van der Waals surface area contributed by atoms with Crippen LogP contribution in [0.4, 0.5) is 0 Å². The number of aliphatic carboxylic acids is 1. The van der Waals surface area contributed by atoms with Crippen molar-refractivity contribution in [2.75, 3.05) is 79.0 Å². The number of rotatable bonds is 45. The quantitative estimate of drug-likeness (QED) is 0.0378. The summed E-state index contributed by atoms with van der Waals surface area (Å²) < 4.78 is 21.4. The first-order valence-electron chi connectivity index (χ1n) is 22.5. The van der Waals surface area contributed by atoms with E-state index in [1.807, 2.05) is 6.92 Å². The summed E-state index contributed by atoms with van der Waals surface area (Å²) in [5.41, 5.74) is 0. The zero-order valence-corrected chi connectivity index (χ0v) is 36.6. The number of nitrogens with one attached hydrogen (secondary N) is 5. The second-order valence-electron chi connectivity index (χ2n) is 15.0. The molecule has 1 atom stereocenters. The van der Waals surface area contributed by atoms with Gasteiger partial charge >= 0.3 is 5.97 Å². The Hall–Kier alpha value is -3.67. The van der Waals surface area contributed by atoms with Crippen LogP contribution in [-0.4, -0.2) is 132 Å². The maximum absolute atomic E-state index is 12.1. The van der Waals surface area contributed by atoms with Crippen LogP contribution in [0.1, 0.15) is 148 Å². The lowest BCUT2D eigenvalue weighted by molar-refractivity contribution is -0.137. The lowest BCUT2D eigenvalue weighted by atomic mass is 10.0. The average Bonchev–Trinajstić information content (AvgIpc) is 3.21. The fourth-order valence-corrected chi connectivity index (χ4v) is 5.92. The normalized spacial score (nSPS) is 11.4. The highest BCUT2D eigenvalue weighted by molar-refractivity contribution is 5.78. The summed E-state index contributed by atoms with van der Waals surface area (Å²) in [5.74, 6) is -1.46. The van der Waals surface area contributed by atoms with E-state index < -0.39 is 5.97 Å². The molecule has 0 aromatic carbocycles. The molecule has 0 saturated carbocycles. The molecule has 6 N–H and O–H groups in total. The molecule has 0 fully saturated rings. The van der Waals surface area contributed by atoms with Crippen LogP contribution < -0.4 is 26.6 Å². The molecule has 0 saturated heterocycles. The molecule has 17 heteroatoms. The van der Waals surface area contributed by atoms with Crippen molar-refractivity contribution in [2.45, 2.75) is 154 Å². The SMILES string of the molecule is C[C@H](CCC(=O)NCCCC=O)NC(=O)COCCOCCNC(=O)COCCOCCNC(=O)CCCNC(=O)CCCCCCCCCCCCCCCCC(=O)O. The van der Waals surface area contributed by atoms with Gasteiger partial charge in [-0.3, -0.25) is 28.8 Å². The summed E-state index contributed by atoms with van der Waals surface area (Å²) >= 11 is 0. The van der Waals surface area contributed by atoms with Crippen molar-refractivity contribution in [1.29, 1.82) is 0 Å². The molecule has 0 aliphatic carbocycles. The lowest BCUT2D eigenvalue weighted by Crippen LogP contribution is -2.36. The summed E-state index contributed by atoms with van der Waals surface area (Å²) in [6, 6.07) is -0.191. The van der Waals surface area contributed by atoms with E-state index in [1.54, 1.807) is 0 Å². The molecule has 17 nitrogen and oxygen atoms in total. The Morgan fingerprint density at radius 3 is 1.37 bits per heavy atom. The minimum atomic E-state index is -0.698. The fourth-order valence-electron chi connectivity index (χ4n) is 5.92. The third-order valence-electron chi connectivity index (χ3n) is 9.33. The number of hydrogen-bond acceptors (Lipinski definition) is 11. The van der Waals surface area contributed by atoms with Crippen LogP contribution in [-0.2, 0) is 52.5 Å². The Labute approximate surface area is 358 Å². The minimum absolute atomic E-state index is 0.0337. The first kappa shape index (κ1) is 56.3. The van der Waals surface area contributed by atoms with Crippen molar-refractivity contribution in [3.8, 4) is 0 Å². The third kappa shape index (κ3) is 43.9. The maximum Gasteiger partial charge on any atom is 0.303 e. The van der Waals surface area contributed by atoms with Crippen LogP contribution in [0.5, 0.6) is 0 Å². The lowest BCUT2D eigenvalue weighted by Gasteiger charge is -2.14. The molecule has 5 amide bonds. The Balaban J connectivity index is 3.44. The number of carbonyl (C=O) groups excluding carboxylic acids is 6. The molecule has 60 heavy (non-hydrogen) atoms. The highest BCUT2D eigenvalue weighted by Gasteiger charge is 2.10. The predicted octanol–water partition coefficient (Wildman–Crippen LogP) is 3.89. The number of hydrogen-bond donors (Lipinski definition) is 6. The van der Waals surface area contributed by atoms with Crippen molar-refractivity contribution in [3.05, 3.63) is 0 Å². The Morgan fingerprint density at radius 1 is 0.450 bits per heavy atom. The number of carboxylic acids is 1. The van der Waals surface area contributed by atoms with Crippen LogP contribution in [0.3, 0.4) is 0 Å². The average molecular weight is 858 g/mol. The molecule has 0 aliphatic heterocycles. The highest BCUT2D eigenvalue weighted by Crippen LogP contribution is 2.14. The molecule has 0 bridgehead atoms. The Morgan fingerprint density at radius 2 is 0.850 bits per heavy atom. The molecule has 0 aliphatic rings. The number of carboxylic acid groups (broad SMARTS) is 1. The van der Waals surface area contributed by atoms with Gasteiger partial charge < -0.3 is 55.4 Å². The van der Waals surface area contributed by atoms with E-state index in [0.29, 0.717) is 71.3 Å². The van der Waals surface area contributed by atoms with Gasteiger partial charge in [0, 0.05) is 64.3 Å². The topological polar surface area (TPSA) is 237 Å². The standard InChI is InChI=1S/C43H79N5O12/c1-37(22-23-40(52)44-24-16-17-28-49)48-42(54)36-60-34-32-58-30-27-47-41(53)35-59-33-31-57-29-26-46-39(51)20-18-25-45-38(50)19-14-12-10-8-6-4-2-3-5-7-9-11-13-15-21-43(55)56/h28,37H,2-27,29-36H2,1H3,(H,44,52)(H,45,50)(H,46,51)(H,47,53)(H,48,54)(H,55,56)/t37-/m1/s1. The number of amides is 5. The number of carbonyl (C=O) groups is 7. The zero-order valence-electron chi connectivity index (χ0n) is 36.6. The van der Waals surface area contributed by atoms with Gasteiger partial charge in [-0.2, -0.15) is 0 Å². The van der Waals surface area contributed by atoms with Gasteiger partial charge in [0.1, 0.15) is 19.5 Å². The molecule has 0 spiro atoms. The van der Waals surface area contributed by atoms with E-state index in [2.05, 4.69) is 26.6 Å². The smallest absolute Gasteiger partial charge is 0.303 e. The van der Waals surface area contributed by atoms with Crippen LogP contribution in [0.2, 0.25) is 0 Å². The van der Waals surface area contributed by atoms with E-state index in [0.717, 1.165) is 44.8 Å². The van der Waals surface area contributed by atoms with Gasteiger partial charge in [-0.1, -0.05) is 77.0 Å². The molecule has 0 aromatic rings. The Bertz CT molecular complexity index is 1130. The first-order chi connectivity index (χ1) is 29.1. The zero-order chi connectivity index (χ0) is 44.2. The van der Waals surface area contributed by atoms with Crippen molar-refractivity contribution < 1.29 is 57.6 Å². The van der Waals surface area contributed by atoms with Gasteiger partial charge in [-0.25, -0.2) is 0 Å². The van der Waals surface area contributed by atoms with Crippen molar-refractivity contribution in [1.82, 2.24) is 26.6 Å². The second kappa shape index (κ2) is 43.4. The predicted molar refractivity (Wildman–Crippen MR) is 228 cm³/mol. The van der Waals surface area contributed by atoms with Crippen LogP contribution in [0.15, 0.2) is 0 Å². The third-order valence-corrected chi connectivity index (χ3v) is 9.33. The maximum atomic E-state index is 12.1. The van der Waals surface area contributed by atoms with Gasteiger partial charge in [-0.15, -0.1) is 0 Å². The number of unbranched alkanes of at least 4 members (excludes halogenated alkanes) is 14. The van der Waals surface area contributed by atoms with Crippen LogP contribution in [0, 0.1) is 0 Å². The summed E-state index contributed by atoms with van der Waals surface area (Å²) in [6.07, 6.45) is 20.3. The molecular formula is C43H79N5O12. The van der Waals surface area contributed by atoms with E-state index in [4.69, 9.17) is 24.1 Å². The molecule has 0 unspecified atom stereocenters. The summed E-state index contributed by atoms with van der Waals surface area (Å²) in [7, 11) is 0. The van der Waals surface area contributed by atoms with Gasteiger partial charge in [-0.05, 0) is 39.0 Å². The number of aldehydes is 1. The van der Waals surface area contributed by atoms with Gasteiger partial charge in [0.05, 0.1) is 39.6 Å². The monoisotopic (exact) mass is 858 g/mol. The van der Waals surface area contributed by atoms with Crippen LogP contribution >= 0.6 is 0 Å². The van der Waals surface area contributed by atoms with E-state index in [9.17, 15) is 33.6 Å².